The highest BCUT2D eigenvalue weighted by Crippen LogP contribution is 2.47. The fourth-order valence-electron chi connectivity index (χ4n) is 5.97. The molecule has 2 saturated heterocycles. The van der Waals surface area contributed by atoms with Crippen LogP contribution < -0.4 is 5.32 Å². The van der Waals surface area contributed by atoms with Crippen molar-refractivity contribution in [2.45, 2.75) is 96.2 Å². The minimum absolute atomic E-state index is 0.0507. The van der Waals surface area contributed by atoms with Crippen LogP contribution in [0.2, 0.25) is 0 Å². The van der Waals surface area contributed by atoms with E-state index < -0.39 is 5.60 Å². The second kappa shape index (κ2) is 10.3. The first-order chi connectivity index (χ1) is 16.7. The number of fused-ring (bicyclic) bond motifs is 2. The molecular weight excluding hydrogens is 438 g/mol. The van der Waals surface area contributed by atoms with Gasteiger partial charge in [0.2, 0.25) is 0 Å². The van der Waals surface area contributed by atoms with Crippen molar-refractivity contribution in [2.24, 2.45) is 0 Å². The van der Waals surface area contributed by atoms with Gasteiger partial charge >= 0.3 is 6.09 Å². The number of benzene rings is 1. The molecule has 0 bridgehead atoms. The summed E-state index contributed by atoms with van der Waals surface area (Å²) in [6, 6.07) is 9.21. The first-order valence-corrected chi connectivity index (χ1v) is 13.5. The van der Waals surface area contributed by atoms with Crippen molar-refractivity contribution in [3.05, 3.63) is 41.5 Å². The smallest absolute Gasteiger partial charge is 0.410 e. The van der Waals surface area contributed by atoms with Crippen molar-refractivity contribution in [3.63, 3.8) is 0 Å². The summed E-state index contributed by atoms with van der Waals surface area (Å²) >= 11 is 0. The fourth-order valence-corrected chi connectivity index (χ4v) is 5.97. The van der Waals surface area contributed by atoms with E-state index >= 15 is 0 Å². The van der Waals surface area contributed by atoms with Gasteiger partial charge in [0, 0.05) is 36.2 Å². The molecule has 0 aromatic heterocycles. The van der Waals surface area contributed by atoms with Crippen LogP contribution in [0.5, 0.6) is 0 Å². The molecule has 1 spiro atoms. The molecule has 35 heavy (non-hydrogen) atoms. The standard InChI is InChI=1S/C29H43N3O3/c1-6-21(7-2)30-26(33)24-20-29(25-11-9-8-10-23(24)25)14-18-31(19-15-29)22-12-16-32(17-13-22)27(34)35-28(3,4)5/h8-11,20-22H,6-7,12-19H2,1-5H3,(H,30,33). The maximum atomic E-state index is 13.2. The lowest BCUT2D eigenvalue weighted by molar-refractivity contribution is -0.116. The Balaban J connectivity index is 1.40. The van der Waals surface area contributed by atoms with Gasteiger partial charge in [-0.1, -0.05) is 44.2 Å². The number of carbonyl (C=O) groups is 2. The molecule has 2 aliphatic heterocycles. The van der Waals surface area contributed by atoms with Gasteiger partial charge in [-0.05, 0) is 83.5 Å². The molecule has 1 aromatic carbocycles. The number of allylic oxidation sites excluding steroid dienone is 1. The van der Waals surface area contributed by atoms with Crippen LogP contribution in [0.25, 0.3) is 5.57 Å². The summed E-state index contributed by atoms with van der Waals surface area (Å²) in [5.74, 6) is 0.0694. The third-order valence-corrected chi connectivity index (χ3v) is 8.06. The summed E-state index contributed by atoms with van der Waals surface area (Å²) in [6.07, 6.45) is 8.01. The second-order valence-electron chi connectivity index (χ2n) is 11.5. The Bertz CT molecular complexity index is 944. The number of carbonyl (C=O) groups excluding carboxylic acids is 2. The lowest BCUT2D eigenvalue weighted by atomic mass is 9.74. The molecule has 1 aromatic rings. The van der Waals surface area contributed by atoms with Crippen LogP contribution in [0.1, 0.15) is 84.3 Å². The third kappa shape index (κ3) is 5.58. The molecule has 0 atom stereocenters. The Hall–Kier alpha value is -2.34. The van der Waals surface area contributed by atoms with Gasteiger partial charge in [0.15, 0.2) is 0 Å². The molecule has 0 saturated carbocycles. The SMILES string of the molecule is CCC(CC)NC(=O)C1=CC2(CCN(C3CCN(C(=O)OC(C)(C)C)CC3)CC2)c2ccccc21. The number of hydrogen-bond donors (Lipinski definition) is 1. The van der Waals surface area contributed by atoms with E-state index in [0.717, 1.165) is 75.8 Å². The van der Waals surface area contributed by atoms with Gasteiger partial charge in [-0.2, -0.15) is 0 Å². The molecule has 3 aliphatic rings. The van der Waals surface area contributed by atoms with Crippen molar-refractivity contribution in [1.82, 2.24) is 15.1 Å². The zero-order chi connectivity index (χ0) is 25.2. The van der Waals surface area contributed by atoms with E-state index in [9.17, 15) is 9.59 Å². The maximum Gasteiger partial charge on any atom is 0.410 e. The number of rotatable bonds is 5. The molecule has 0 radical (unpaired) electrons. The molecule has 1 aliphatic carbocycles. The molecule has 1 N–H and O–H groups in total. The topological polar surface area (TPSA) is 61.9 Å². The van der Waals surface area contributed by atoms with Crippen molar-refractivity contribution in [1.29, 1.82) is 0 Å². The monoisotopic (exact) mass is 481 g/mol. The van der Waals surface area contributed by atoms with Crippen molar-refractivity contribution in [2.75, 3.05) is 26.2 Å². The molecule has 2 amide bonds. The predicted octanol–water partition coefficient (Wildman–Crippen LogP) is 5.12. The van der Waals surface area contributed by atoms with E-state index in [1.807, 2.05) is 31.7 Å². The van der Waals surface area contributed by atoms with Gasteiger partial charge in [-0.25, -0.2) is 4.79 Å². The van der Waals surface area contributed by atoms with Crippen molar-refractivity contribution in [3.8, 4) is 0 Å². The van der Waals surface area contributed by atoms with Crippen LogP contribution in [0.3, 0.4) is 0 Å². The quantitative estimate of drug-likeness (QED) is 0.634. The van der Waals surface area contributed by atoms with E-state index in [2.05, 4.69) is 48.3 Å². The van der Waals surface area contributed by atoms with Crippen molar-refractivity contribution < 1.29 is 14.3 Å². The summed E-state index contributed by atoms with van der Waals surface area (Å²) in [5.41, 5.74) is 2.77. The minimum atomic E-state index is -0.454. The molecule has 192 valence electrons. The molecule has 6 nitrogen and oxygen atoms in total. The predicted molar refractivity (Wildman–Crippen MR) is 140 cm³/mol. The highest BCUT2D eigenvalue weighted by atomic mass is 16.6. The Morgan fingerprint density at radius 2 is 1.69 bits per heavy atom. The highest BCUT2D eigenvalue weighted by Gasteiger charge is 2.43. The Morgan fingerprint density at radius 1 is 1.06 bits per heavy atom. The normalized spacial score (nSPS) is 20.6. The minimum Gasteiger partial charge on any atom is -0.444 e. The summed E-state index contributed by atoms with van der Waals surface area (Å²) in [4.78, 5) is 30.1. The fraction of sp³-hybridized carbons (Fsp3) is 0.655. The molecule has 6 heteroatoms. The number of likely N-dealkylation sites (tertiary alicyclic amines) is 2. The molecule has 0 unspecified atom stereocenters. The van der Waals surface area contributed by atoms with Gasteiger partial charge in [-0.15, -0.1) is 0 Å². The lowest BCUT2D eigenvalue weighted by Gasteiger charge is -2.45. The average molecular weight is 482 g/mol. The Kier molecular flexibility index (Phi) is 7.60. The van der Waals surface area contributed by atoms with Gasteiger partial charge in [0.1, 0.15) is 5.60 Å². The third-order valence-electron chi connectivity index (χ3n) is 8.06. The average Bonchev–Trinajstić information content (AvgIpc) is 3.16. The Labute approximate surface area is 211 Å². The molecule has 4 rings (SSSR count). The number of nitrogens with one attached hydrogen (secondary N) is 1. The van der Waals surface area contributed by atoms with E-state index in [-0.39, 0.29) is 23.5 Å². The summed E-state index contributed by atoms with van der Waals surface area (Å²) < 4.78 is 5.56. The van der Waals surface area contributed by atoms with Gasteiger partial charge in [0.05, 0.1) is 0 Å². The van der Waals surface area contributed by atoms with Gasteiger partial charge in [0.25, 0.3) is 5.91 Å². The van der Waals surface area contributed by atoms with Crippen LogP contribution >= 0.6 is 0 Å². The lowest BCUT2D eigenvalue weighted by Crippen LogP contribution is -2.51. The number of nitrogens with zero attached hydrogens (tertiary/aromatic N) is 2. The van der Waals surface area contributed by atoms with E-state index in [1.165, 1.54) is 5.56 Å². The van der Waals surface area contributed by atoms with Crippen LogP contribution in [0.15, 0.2) is 30.3 Å². The van der Waals surface area contributed by atoms with Crippen LogP contribution in [0.4, 0.5) is 4.79 Å². The van der Waals surface area contributed by atoms with Crippen molar-refractivity contribution >= 4 is 17.6 Å². The first kappa shape index (κ1) is 25.7. The van der Waals surface area contributed by atoms with Gasteiger partial charge in [-0.3, -0.25) is 4.79 Å². The summed E-state index contributed by atoms with van der Waals surface area (Å²) in [5, 5.41) is 3.25. The van der Waals surface area contributed by atoms with Crippen LogP contribution in [-0.2, 0) is 14.9 Å². The van der Waals surface area contributed by atoms with Gasteiger partial charge < -0.3 is 19.9 Å². The zero-order valence-electron chi connectivity index (χ0n) is 22.2. The second-order valence-corrected chi connectivity index (χ2v) is 11.5. The zero-order valence-corrected chi connectivity index (χ0v) is 22.2. The van der Waals surface area contributed by atoms with Crippen LogP contribution in [-0.4, -0.2) is 65.7 Å². The number of hydrogen-bond acceptors (Lipinski definition) is 4. The number of ether oxygens (including phenoxy) is 1. The number of amides is 2. The highest BCUT2D eigenvalue weighted by molar-refractivity contribution is 6.21. The molecular formula is C29H43N3O3. The largest absolute Gasteiger partial charge is 0.444 e. The Morgan fingerprint density at radius 3 is 2.29 bits per heavy atom. The van der Waals surface area contributed by atoms with E-state index in [4.69, 9.17) is 4.74 Å². The summed E-state index contributed by atoms with van der Waals surface area (Å²) in [7, 11) is 0. The van der Waals surface area contributed by atoms with E-state index in [0.29, 0.717) is 6.04 Å². The van der Waals surface area contributed by atoms with Crippen LogP contribution in [0, 0.1) is 0 Å². The summed E-state index contributed by atoms with van der Waals surface area (Å²) in [6.45, 7) is 13.5. The van der Waals surface area contributed by atoms with E-state index in [1.54, 1.807) is 0 Å². The number of piperidine rings is 2. The first-order valence-electron chi connectivity index (χ1n) is 13.5. The molecule has 2 heterocycles. The maximum absolute atomic E-state index is 13.2. The molecule has 2 fully saturated rings.